The maximum Gasteiger partial charge on any atom is 0.218 e. The molecule has 6 heteroatoms. The maximum absolute atomic E-state index is 12.7. The smallest absolute Gasteiger partial charge is 0.218 e. The lowest BCUT2D eigenvalue weighted by Gasteiger charge is -2.20. The van der Waals surface area contributed by atoms with E-state index in [2.05, 4.69) is 5.10 Å². The lowest BCUT2D eigenvalue weighted by atomic mass is 10.2. The van der Waals surface area contributed by atoms with Gasteiger partial charge in [0.05, 0.1) is 11.9 Å². The second-order valence-corrected chi connectivity index (χ2v) is 7.89. The van der Waals surface area contributed by atoms with Gasteiger partial charge < -0.3 is 0 Å². The van der Waals surface area contributed by atoms with E-state index in [0.29, 0.717) is 13.1 Å². The van der Waals surface area contributed by atoms with Crippen molar-refractivity contribution in [2.75, 3.05) is 6.54 Å². The Labute approximate surface area is 131 Å². The van der Waals surface area contributed by atoms with E-state index in [-0.39, 0.29) is 5.75 Å². The van der Waals surface area contributed by atoms with Crippen LogP contribution in [0, 0.1) is 6.92 Å². The van der Waals surface area contributed by atoms with Crippen molar-refractivity contribution in [2.45, 2.75) is 32.1 Å². The lowest BCUT2D eigenvalue weighted by Crippen LogP contribution is -2.31. The van der Waals surface area contributed by atoms with Crippen molar-refractivity contribution in [3.05, 3.63) is 52.8 Å². The first-order valence-electron chi connectivity index (χ1n) is 7.49. The molecule has 22 heavy (non-hydrogen) atoms. The fourth-order valence-electron chi connectivity index (χ4n) is 2.88. The van der Waals surface area contributed by atoms with Crippen molar-refractivity contribution in [3.63, 3.8) is 0 Å². The molecule has 0 unspecified atom stereocenters. The van der Waals surface area contributed by atoms with Crippen LogP contribution in [-0.4, -0.2) is 29.0 Å². The van der Waals surface area contributed by atoms with E-state index < -0.39 is 10.0 Å². The molecule has 3 rings (SSSR count). The predicted octanol–water partition coefficient (Wildman–Crippen LogP) is 2.01. The molecule has 0 amide bonds. The highest BCUT2D eigenvalue weighted by Crippen LogP contribution is 2.22. The van der Waals surface area contributed by atoms with Crippen LogP contribution in [0.4, 0.5) is 0 Å². The zero-order valence-corrected chi connectivity index (χ0v) is 13.8. The van der Waals surface area contributed by atoms with Crippen LogP contribution < -0.4 is 0 Å². The van der Waals surface area contributed by atoms with Crippen molar-refractivity contribution in [2.24, 2.45) is 7.05 Å². The van der Waals surface area contributed by atoms with Gasteiger partial charge in [-0.3, -0.25) is 4.68 Å². The van der Waals surface area contributed by atoms with Gasteiger partial charge in [-0.2, -0.15) is 9.40 Å². The van der Waals surface area contributed by atoms with Crippen LogP contribution in [-0.2, 0) is 35.8 Å². The monoisotopic (exact) mass is 319 g/mol. The molecule has 1 aliphatic rings. The molecule has 1 aromatic heterocycles. The number of aryl methyl sites for hydroxylation is 2. The zero-order valence-electron chi connectivity index (χ0n) is 13.0. The van der Waals surface area contributed by atoms with Crippen LogP contribution in [0.1, 0.15) is 28.8 Å². The molecule has 0 fully saturated rings. The summed E-state index contributed by atoms with van der Waals surface area (Å²) in [7, 11) is -1.40. The van der Waals surface area contributed by atoms with Crippen LogP contribution in [0.5, 0.6) is 0 Å². The molecule has 0 saturated carbocycles. The van der Waals surface area contributed by atoms with Gasteiger partial charge in [0.2, 0.25) is 10.0 Å². The molecule has 118 valence electrons. The summed E-state index contributed by atoms with van der Waals surface area (Å²) < 4.78 is 28.9. The Morgan fingerprint density at radius 2 is 1.95 bits per heavy atom. The Bertz CT molecular complexity index is 763. The van der Waals surface area contributed by atoms with Crippen molar-refractivity contribution in [1.29, 1.82) is 0 Å². The fraction of sp³-hybridized carbons (Fsp3) is 0.438. The minimum atomic E-state index is -3.31. The quantitative estimate of drug-likeness (QED) is 0.869. The molecular weight excluding hydrogens is 298 g/mol. The molecule has 0 radical (unpaired) electrons. The third-order valence-electron chi connectivity index (χ3n) is 4.18. The SMILES string of the molecule is Cc1ccc(CS(=O)(=O)N2CCCc3c(cnn3C)C2)cc1. The molecule has 5 nitrogen and oxygen atoms in total. The number of benzene rings is 1. The molecule has 1 aliphatic heterocycles. The Morgan fingerprint density at radius 3 is 2.68 bits per heavy atom. The molecule has 0 aliphatic carbocycles. The summed E-state index contributed by atoms with van der Waals surface area (Å²) in [6.45, 7) is 3.00. The third kappa shape index (κ3) is 3.08. The summed E-state index contributed by atoms with van der Waals surface area (Å²) >= 11 is 0. The van der Waals surface area contributed by atoms with Crippen molar-refractivity contribution < 1.29 is 8.42 Å². The lowest BCUT2D eigenvalue weighted by molar-refractivity contribution is 0.409. The molecule has 0 saturated heterocycles. The molecule has 2 heterocycles. The van der Waals surface area contributed by atoms with E-state index >= 15 is 0 Å². The minimum Gasteiger partial charge on any atom is -0.272 e. The number of nitrogens with zero attached hydrogens (tertiary/aromatic N) is 3. The Kier molecular flexibility index (Phi) is 4.06. The van der Waals surface area contributed by atoms with Crippen LogP contribution in [0.15, 0.2) is 30.5 Å². The minimum absolute atomic E-state index is 0.0584. The molecular formula is C16H21N3O2S. The number of aromatic nitrogens is 2. The molecule has 0 N–H and O–H groups in total. The predicted molar refractivity (Wildman–Crippen MR) is 85.7 cm³/mol. The molecule has 0 bridgehead atoms. The molecule has 2 aromatic rings. The maximum atomic E-state index is 12.7. The summed E-state index contributed by atoms with van der Waals surface area (Å²) in [4.78, 5) is 0. The van der Waals surface area contributed by atoms with E-state index in [9.17, 15) is 8.42 Å². The summed E-state index contributed by atoms with van der Waals surface area (Å²) in [5.74, 6) is 0.0584. The van der Waals surface area contributed by atoms with E-state index in [1.54, 1.807) is 10.5 Å². The summed E-state index contributed by atoms with van der Waals surface area (Å²) in [6, 6.07) is 7.68. The fourth-order valence-corrected chi connectivity index (χ4v) is 4.42. The molecule has 1 aromatic carbocycles. The Morgan fingerprint density at radius 1 is 1.23 bits per heavy atom. The van der Waals surface area contributed by atoms with Crippen LogP contribution >= 0.6 is 0 Å². The highest BCUT2D eigenvalue weighted by molar-refractivity contribution is 7.88. The standard InChI is InChI=1S/C16H21N3O2S/c1-13-5-7-14(8-6-13)12-22(20,21)19-9-3-4-16-15(11-19)10-17-18(16)2/h5-8,10H,3-4,9,11-12H2,1-2H3. The second kappa shape index (κ2) is 5.85. The first-order valence-corrected chi connectivity index (χ1v) is 9.10. The highest BCUT2D eigenvalue weighted by Gasteiger charge is 2.26. The first kappa shape index (κ1) is 15.2. The van der Waals surface area contributed by atoms with E-state index in [4.69, 9.17) is 0 Å². The number of fused-ring (bicyclic) bond motifs is 1. The van der Waals surface area contributed by atoms with Gasteiger partial charge in [-0.15, -0.1) is 0 Å². The van der Waals surface area contributed by atoms with Gasteiger partial charge >= 0.3 is 0 Å². The first-order chi connectivity index (χ1) is 10.5. The van der Waals surface area contributed by atoms with Gasteiger partial charge in [-0.05, 0) is 25.3 Å². The van der Waals surface area contributed by atoms with Gasteiger partial charge in [-0.25, -0.2) is 8.42 Å². The van der Waals surface area contributed by atoms with Gasteiger partial charge in [0, 0.05) is 31.4 Å². The molecule has 0 atom stereocenters. The van der Waals surface area contributed by atoms with Crippen molar-refractivity contribution in [3.8, 4) is 0 Å². The largest absolute Gasteiger partial charge is 0.272 e. The Balaban J connectivity index is 1.81. The number of hydrogen-bond donors (Lipinski definition) is 0. The van der Waals surface area contributed by atoms with E-state index in [1.807, 2.05) is 42.9 Å². The van der Waals surface area contributed by atoms with Crippen molar-refractivity contribution >= 4 is 10.0 Å². The second-order valence-electron chi connectivity index (χ2n) is 5.92. The van der Waals surface area contributed by atoms with Gasteiger partial charge in [0.1, 0.15) is 0 Å². The molecule has 0 spiro atoms. The van der Waals surface area contributed by atoms with E-state index in [0.717, 1.165) is 35.2 Å². The summed E-state index contributed by atoms with van der Waals surface area (Å²) in [5.41, 5.74) is 4.14. The normalized spacial score (nSPS) is 16.3. The van der Waals surface area contributed by atoms with Gasteiger partial charge in [-0.1, -0.05) is 29.8 Å². The topological polar surface area (TPSA) is 55.2 Å². The average Bonchev–Trinajstić information content (AvgIpc) is 2.70. The van der Waals surface area contributed by atoms with E-state index in [1.165, 1.54) is 0 Å². The summed E-state index contributed by atoms with van der Waals surface area (Å²) in [5, 5.41) is 4.25. The zero-order chi connectivity index (χ0) is 15.7. The Hall–Kier alpha value is -1.66. The van der Waals surface area contributed by atoms with Crippen molar-refractivity contribution in [1.82, 2.24) is 14.1 Å². The summed E-state index contributed by atoms with van der Waals surface area (Å²) in [6.07, 6.45) is 3.50. The van der Waals surface area contributed by atoms with Crippen LogP contribution in [0.3, 0.4) is 0 Å². The van der Waals surface area contributed by atoms with Gasteiger partial charge in [0.15, 0.2) is 0 Å². The van der Waals surface area contributed by atoms with Crippen LogP contribution in [0.25, 0.3) is 0 Å². The highest BCUT2D eigenvalue weighted by atomic mass is 32.2. The number of rotatable bonds is 3. The average molecular weight is 319 g/mol. The number of sulfonamides is 1. The number of hydrogen-bond acceptors (Lipinski definition) is 3. The van der Waals surface area contributed by atoms with Crippen LogP contribution in [0.2, 0.25) is 0 Å². The van der Waals surface area contributed by atoms with Gasteiger partial charge in [0.25, 0.3) is 0 Å². The third-order valence-corrected chi connectivity index (χ3v) is 5.98.